The normalized spacial score (nSPS) is 13.8. The summed E-state index contributed by atoms with van der Waals surface area (Å²) < 4.78 is 25.6. The molecule has 0 bridgehead atoms. The van der Waals surface area contributed by atoms with Crippen LogP contribution in [-0.2, 0) is 0 Å². The summed E-state index contributed by atoms with van der Waals surface area (Å²) in [5.41, 5.74) is 6.05. The maximum atomic E-state index is 14.3. The second kappa shape index (κ2) is 10.6. The fourth-order valence-electron chi connectivity index (χ4n) is 5.42. The molecule has 0 aliphatic carbocycles. The van der Waals surface area contributed by atoms with Crippen molar-refractivity contribution in [3.63, 3.8) is 0 Å². The minimum atomic E-state index is -0.388. The standard InChI is InChI=1S/C31H28FN7O2/c1-40-23-13-20(12-22(32)16-23)25-6-7-34-30-28(25)35-31(36-30)29-26-15-19(4-5-27(26)37-38-29)21-14-24(18-33-17-21)41-11-10-39-8-2-3-9-39/h4-7,12-18H,2-3,8-11H2,1H3,(H,37,38)(H,34,35,36). The number of hydrogen-bond donors (Lipinski definition) is 2. The number of aromatic amines is 2. The van der Waals surface area contributed by atoms with E-state index in [-0.39, 0.29) is 5.82 Å². The Hall–Kier alpha value is -4.83. The first-order chi connectivity index (χ1) is 20.1. The Morgan fingerprint density at radius 3 is 2.71 bits per heavy atom. The lowest BCUT2D eigenvalue weighted by atomic mass is 10.0. The maximum absolute atomic E-state index is 14.3. The Morgan fingerprint density at radius 2 is 1.83 bits per heavy atom. The van der Waals surface area contributed by atoms with E-state index in [9.17, 15) is 4.39 Å². The third-order valence-corrected chi connectivity index (χ3v) is 7.51. The monoisotopic (exact) mass is 549 g/mol. The molecule has 9 nitrogen and oxygen atoms in total. The molecule has 1 aliphatic rings. The second-order valence-corrected chi connectivity index (χ2v) is 10.2. The van der Waals surface area contributed by atoms with Crippen LogP contribution >= 0.6 is 0 Å². The molecule has 2 N–H and O–H groups in total. The average Bonchev–Trinajstić information content (AvgIpc) is 3.76. The predicted octanol–water partition coefficient (Wildman–Crippen LogP) is 5.85. The molecular formula is C31H28FN7O2. The Kier molecular flexibility index (Phi) is 6.52. The van der Waals surface area contributed by atoms with Crippen LogP contribution in [0.1, 0.15) is 12.8 Å². The van der Waals surface area contributed by atoms with Crippen LogP contribution in [-0.4, -0.2) is 68.4 Å². The van der Waals surface area contributed by atoms with Crippen molar-refractivity contribution in [1.82, 2.24) is 35.0 Å². The summed E-state index contributed by atoms with van der Waals surface area (Å²) in [7, 11) is 1.51. The van der Waals surface area contributed by atoms with Crippen molar-refractivity contribution >= 4 is 22.1 Å². The van der Waals surface area contributed by atoms with Gasteiger partial charge in [0.2, 0.25) is 0 Å². The van der Waals surface area contributed by atoms with Crippen LogP contribution in [0, 0.1) is 5.82 Å². The zero-order valence-electron chi connectivity index (χ0n) is 22.5. The lowest BCUT2D eigenvalue weighted by molar-refractivity contribution is 0.237. The van der Waals surface area contributed by atoms with E-state index in [0.717, 1.165) is 53.0 Å². The summed E-state index contributed by atoms with van der Waals surface area (Å²) in [6.07, 6.45) is 7.79. The highest BCUT2D eigenvalue weighted by atomic mass is 19.1. The lowest BCUT2D eigenvalue weighted by Crippen LogP contribution is -2.25. The topological polar surface area (TPSA) is 105 Å². The Morgan fingerprint density at radius 1 is 0.951 bits per heavy atom. The average molecular weight is 550 g/mol. The molecule has 7 rings (SSSR count). The van der Waals surface area contributed by atoms with Gasteiger partial charge in [-0.3, -0.25) is 15.0 Å². The van der Waals surface area contributed by atoms with Crippen LogP contribution in [0.5, 0.6) is 11.5 Å². The van der Waals surface area contributed by atoms with Crippen molar-refractivity contribution in [2.75, 3.05) is 33.4 Å². The van der Waals surface area contributed by atoms with E-state index in [1.165, 1.54) is 32.1 Å². The fraction of sp³-hybridized carbons (Fsp3) is 0.226. The third kappa shape index (κ3) is 4.98. The molecule has 1 aliphatic heterocycles. The number of aromatic nitrogens is 6. The Labute approximate surface area is 235 Å². The van der Waals surface area contributed by atoms with Crippen LogP contribution in [0.3, 0.4) is 0 Å². The van der Waals surface area contributed by atoms with E-state index >= 15 is 0 Å². The van der Waals surface area contributed by atoms with Gasteiger partial charge in [-0.25, -0.2) is 14.4 Å². The van der Waals surface area contributed by atoms with E-state index in [0.29, 0.717) is 40.6 Å². The van der Waals surface area contributed by atoms with Gasteiger partial charge < -0.3 is 14.5 Å². The molecule has 6 aromatic rings. The van der Waals surface area contributed by atoms with Crippen molar-refractivity contribution in [2.24, 2.45) is 0 Å². The number of methoxy groups -OCH3 is 1. The van der Waals surface area contributed by atoms with Gasteiger partial charge in [-0.05, 0) is 73.5 Å². The first kappa shape index (κ1) is 25.2. The smallest absolute Gasteiger partial charge is 0.160 e. The van der Waals surface area contributed by atoms with Gasteiger partial charge in [0.15, 0.2) is 11.5 Å². The number of rotatable bonds is 8. The van der Waals surface area contributed by atoms with E-state index in [1.807, 2.05) is 30.5 Å². The van der Waals surface area contributed by atoms with E-state index in [1.54, 1.807) is 18.5 Å². The van der Waals surface area contributed by atoms with Crippen LogP contribution in [0.4, 0.5) is 4.39 Å². The molecule has 0 atom stereocenters. The van der Waals surface area contributed by atoms with Crippen LogP contribution in [0.2, 0.25) is 0 Å². The molecule has 0 spiro atoms. The Balaban J connectivity index is 1.21. The quantitative estimate of drug-likeness (QED) is 0.245. The molecule has 0 unspecified atom stereocenters. The highest BCUT2D eigenvalue weighted by Gasteiger charge is 2.17. The minimum absolute atomic E-state index is 0.388. The molecule has 206 valence electrons. The molecule has 0 amide bonds. The molecule has 1 saturated heterocycles. The summed E-state index contributed by atoms with van der Waals surface area (Å²) in [4.78, 5) is 19.5. The van der Waals surface area contributed by atoms with Crippen molar-refractivity contribution < 1.29 is 13.9 Å². The molecule has 5 heterocycles. The molecular weight excluding hydrogens is 521 g/mol. The number of nitrogens with one attached hydrogen (secondary N) is 2. The second-order valence-electron chi connectivity index (χ2n) is 10.2. The SMILES string of the molecule is COc1cc(F)cc(-c2ccnc3[nH]c(-c4n[nH]c5ccc(-c6cncc(OCCN7CCCC7)c6)cc45)nc23)c1. The highest BCUT2D eigenvalue weighted by Crippen LogP contribution is 2.34. The zero-order valence-corrected chi connectivity index (χ0v) is 22.5. The van der Waals surface area contributed by atoms with Gasteiger partial charge in [0.05, 0.1) is 18.8 Å². The van der Waals surface area contributed by atoms with Gasteiger partial charge in [0, 0.05) is 41.5 Å². The molecule has 41 heavy (non-hydrogen) atoms. The lowest BCUT2D eigenvalue weighted by Gasteiger charge is -2.15. The number of pyridine rings is 2. The van der Waals surface area contributed by atoms with Gasteiger partial charge in [-0.15, -0.1) is 0 Å². The number of likely N-dealkylation sites (tertiary alicyclic amines) is 1. The maximum Gasteiger partial charge on any atom is 0.160 e. The van der Waals surface area contributed by atoms with Crippen LogP contribution < -0.4 is 9.47 Å². The molecule has 0 radical (unpaired) electrons. The molecule has 10 heteroatoms. The first-order valence-corrected chi connectivity index (χ1v) is 13.6. The van der Waals surface area contributed by atoms with Crippen molar-refractivity contribution in [1.29, 1.82) is 0 Å². The third-order valence-electron chi connectivity index (χ3n) is 7.51. The number of ether oxygens (including phenoxy) is 2. The number of nitrogens with zero attached hydrogens (tertiary/aromatic N) is 5. The van der Waals surface area contributed by atoms with Gasteiger partial charge in [0.25, 0.3) is 0 Å². The number of benzene rings is 2. The zero-order chi connectivity index (χ0) is 27.8. The molecule has 4 aromatic heterocycles. The van der Waals surface area contributed by atoms with Crippen molar-refractivity contribution in [3.05, 3.63) is 72.9 Å². The van der Waals surface area contributed by atoms with E-state index in [4.69, 9.17) is 14.5 Å². The summed E-state index contributed by atoms with van der Waals surface area (Å²) in [6.45, 7) is 3.86. The number of imidazole rings is 1. The first-order valence-electron chi connectivity index (χ1n) is 13.6. The largest absolute Gasteiger partial charge is 0.497 e. The van der Waals surface area contributed by atoms with Gasteiger partial charge in [0.1, 0.15) is 35.1 Å². The number of hydrogen-bond acceptors (Lipinski definition) is 7. The van der Waals surface area contributed by atoms with Gasteiger partial charge >= 0.3 is 0 Å². The van der Waals surface area contributed by atoms with Crippen LogP contribution in [0.15, 0.2) is 67.1 Å². The summed E-state index contributed by atoms with van der Waals surface area (Å²) in [6, 6.07) is 14.5. The molecule has 0 saturated carbocycles. The van der Waals surface area contributed by atoms with Crippen LogP contribution in [0.25, 0.3) is 55.8 Å². The summed E-state index contributed by atoms with van der Waals surface area (Å²) >= 11 is 0. The fourth-order valence-corrected chi connectivity index (χ4v) is 5.42. The van der Waals surface area contributed by atoms with Crippen molar-refractivity contribution in [3.8, 4) is 45.3 Å². The van der Waals surface area contributed by atoms with E-state index in [2.05, 4.69) is 36.1 Å². The summed E-state index contributed by atoms with van der Waals surface area (Å²) in [5, 5.41) is 8.57. The number of H-pyrrole nitrogens is 2. The van der Waals surface area contributed by atoms with Crippen molar-refractivity contribution in [2.45, 2.75) is 12.8 Å². The highest BCUT2D eigenvalue weighted by molar-refractivity contribution is 5.97. The van der Waals surface area contributed by atoms with Gasteiger partial charge in [-0.1, -0.05) is 6.07 Å². The van der Waals surface area contributed by atoms with Gasteiger partial charge in [-0.2, -0.15) is 5.10 Å². The number of halogens is 1. The number of fused-ring (bicyclic) bond motifs is 2. The Bertz CT molecular complexity index is 1860. The molecule has 2 aromatic carbocycles. The summed E-state index contributed by atoms with van der Waals surface area (Å²) in [5.74, 6) is 1.35. The van der Waals surface area contributed by atoms with E-state index < -0.39 is 0 Å². The molecule has 1 fully saturated rings. The minimum Gasteiger partial charge on any atom is -0.497 e. The predicted molar refractivity (Wildman–Crippen MR) is 155 cm³/mol.